The Morgan fingerprint density at radius 3 is 2.29 bits per heavy atom. The van der Waals surface area contributed by atoms with E-state index >= 15 is 0 Å². The molecule has 0 saturated carbocycles. The van der Waals surface area contributed by atoms with Gasteiger partial charge in [0.25, 0.3) is 0 Å². The zero-order valence-electron chi connectivity index (χ0n) is 15.2. The molecular formula is C21H17ClN2O4. The first-order chi connectivity index (χ1) is 13.3. The molecule has 142 valence electrons. The van der Waals surface area contributed by atoms with E-state index in [2.05, 4.69) is 4.99 Å². The molecule has 0 bridgehead atoms. The predicted octanol–water partition coefficient (Wildman–Crippen LogP) is 4.89. The molecule has 3 rings (SSSR count). The molecule has 1 aromatic heterocycles. The van der Waals surface area contributed by atoms with E-state index in [1.807, 2.05) is 24.5 Å². The molecule has 0 saturated heterocycles. The van der Waals surface area contributed by atoms with Gasteiger partial charge in [0.15, 0.2) is 0 Å². The van der Waals surface area contributed by atoms with Crippen LogP contribution in [0.2, 0.25) is 5.02 Å². The zero-order valence-corrected chi connectivity index (χ0v) is 15.9. The highest BCUT2D eigenvalue weighted by molar-refractivity contribution is 6.33. The molecule has 0 unspecified atom stereocenters. The molecule has 28 heavy (non-hydrogen) atoms. The minimum atomic E-state index is -1.08. The first kappa shape index (κ1) is 19.4. The van der Waals surface area contributed by atoms with Crippen molar-refractivity contribution < 1.29 is 19.8 Å². The first-order valence-corrected chi connectivity index (χ1v) is 8.75. The van der Waals surface area contributed by atoms with E-state index in [1.165, 1.54) is 18.2 Å². The molecule has 0 atom stereocenters. The van der Waals surface area contributed by atoms with Crippen molar-refractivity contribution in [2.24, 2.45) is 4.99 Å². The highest BCUT2D eigenvalue weighted by Gasteiger charge is 2.14. The lowest BCUT2D eigenvalue weighted by atomic mass is 10.2. The van der Waals surface area contributed by atoms with E-state index in [9.17, 15) is 14.7 Å². The van der Waals surface area contributed by atoms with Crippen LogP contribution < -0.4 is 0 Å². The monoisotopic (exact) mass is 396 g/mol. The van der Waals surface area contributed by atoms with Crippen LogP contribution in [-0.4, -0.2) is 32.9 Å². The van der Waals surface area contributed by atoms with Gasteiger partial charge in [0, 0.05) is 28.9 Å². The van der Waals surface area contributed by atoms with Crippen molar-refractivity contribution >= 4 is 35.4 Å². The number of carboxylic acids is 2. The Bertz CT molecular complexity index is 1100. The largest absolute Gasteiger partial charge is 0.478 e. The standard InChI is InChI=1S/C21H17ClN2O4/c1-12-9-15(11-23-16-5-3-14(4-6-16)20(25)26)13(2)24(12)17-7-8-19(22)18(10-17)21(27)28/h3-11H,1-2H3,(H,25,26)(H,27,28). The van der Waals surface area contributed by atoms with E-state index in [4.69, 9.17) is 16.7 Å². The number of halogens is 1. The van der Waals surface area contributed by atoms with Crippen molar-refractivity contribution in [3.05, 3.63) is 81.6 Å². The lowest BCUT2D eigenvalue weighted by Crippen LogP contribution is -2.03. The Morgan fingerprint density at radius 1 is 1.00 bits per heavy atom. The summed E-state index contributed by atoms with van der Waals surface area (Å²) >= 11 is 5.96. The molecule has 0 amide bonds. The molecule has 0 radical (unpaired) electrons. The highest BCUT2D eigenvalue weighted by atomic mass is 35.5. The summed E-state index contributed by atoms with van der Waals surface area (Å²) in [5.74, 6) is -2.07. The molecule has 0 fully saturated rings. The lowest BCUT2D eigenvalue weighted by Gasteiger charge is -2.11. The normalized spacial score (nSPS) is 11.1. The minimum Gasteiger partial charge on any atom is -0.478 e. The Labute approximate surface area is 166 Å². The number of aromatic carboxylic acids is 2. The van der Waals surface area contributed by atoms with Crippen molar-refractivity contribution in [1.29, 1.82) is 0 Å². The van der Waals surface area contributed by atoms with Crippen LogP contribution >= 0.6 is 11.6 Å². The molecule has 3 aromatic rings. The third kappa shape index (κ3) is 3.82. The molecular weight excluding hydrogens is 380 g/mol. The van der Waals surface area contributed by atoms with Crippen LogP contribution in [0.25, 0.3) is 5.69 Å². The van der Waals surface area contributed by atoms with Crippen molar-refractivity contribution in [3.63, 3.8) is 0 Å². The third-order valence-electron chi connectivity index (χ3n) is 4.38. The van der Waals surface area contributed by atoms with E-state index in [0.717, 1.165) is 17.0 Å². The molecule has 0 aliphatic carbocycles. The smallest absolute Gasteiger partial charge is 0.337 e. The summed E-state index contributed by atoms with van der Waals surface area (Å²) in [6, 6.07) is 13.1. The van der Waals surface area contributed by atoms with Crippen LogP contribution in [0.1, 0.15) is 37.7 Å². The number of carbonyl (C=O) groups is 2. The number of aliphatic imine (C=N–C) groups is 1. The second-order valence-corrected chi connectivity index (χ2v) is 6.65. The van der Waals surface area contributed by atoms with Crippen LogP contribution in [0, 0.1) is 13.8 Å². The Kier molecular flexibility index (Phi) is 5.33. The van der Waals surface area contributed by atoms with Crippen LogP contribution in [0.15, 0.2) is 53.5 Å². The molecule has 6 nitrogen and oxygen atoms in total. The average Bonchev–Trinajstić information content (AvgIpc) is 2.94. The summed E-state index contributed by atoms with van der Waals surface area (Å²) < 4.78 is 1.93. The SMILES string of the molecule is Cc1cc(C=Nc2ccc(C(=O)O)cc2)c(C)n1-c1ccc(Cl)c(C(=O)O)c1. The number of aryl methyl sites for hydroxylation is 1. The summed E-state index contributed by atoms with van der Waals surface area (Å²) in [6.45, 7) is 3.83. The van der Waals surface area contributed by atoms with Crippen LogP contribution in [0.3, 0.4) is 0 Å². The van der Waals surface area contributed by atoms with Crippen LogP contribution in [0.5, 0.6) is 0 Å². The molecule has 7 heteroatoms. The fourth-order valence-corrected chi connectivity index (χ4v) is 3.16. The number of hydrogen-bond acceptors (Lipinski definition) is 3. The number of nitrogens with zero attached hydrogens (tertiary/aromatic N) is 2. The Hall–Kier alpha value is -3.38. The maximum Gasteiger partial charge on any atom is 0.337 e. The van der Waals surface area contributed by atoms with Crippen molar-refractivity contribution in [3.8, 4) is 5.69 Å². The molecule has 2 N–H and O–H groups in total. The van der Waals surface area contributed by atoms with Crippen molar-refractivity contribution in [2.75, 3.05) is 0 Å². The zero-order chi connectivity index (χ0) is 20.4. The molecule has 0 aliphatic heterocycles. The van der Waals surface area contributed by atoms with Gasteiger partial charge < -0.3 is 14.8 Å². The number of hydrogen-bond donors (Lipinski definition) is 2. The minimum absolute atomic E-state index is 0.0420. The van der Waals surface area contributed by atoms with Gasteiger partial charge in [-0.15, -0.1) is 0 Å². The predicted molar refractivity (Wildman–Crippen MR) is 108 cm³/mol. The fourth-order valence-electron chi connectivity index (χ4n) is 2.97. The maximum absolute atomic E-state index is 11.4. The van der Waals surface area contributed by atoms with E-state index in [0.29, 0.717) is 11.4 Å². The second kappa shape index (κ2) is 7.70. The van der Waals surface area contributed by atoms with Crippen molar-refractivity contribution in [1.82, 2.24) is 4.57 Å². The quantitative estimate of drug-likeness (QED) is 0.600. The Morgan fingerprint density at radius 2 is 1.68 bits per heavy atom. The number of rotatable bonds is 5. The third-order valence-corrected chi connectivity index (χ3v) is 4.71. The lowest BCUT2D eigenvalue weighted by molar-refractivity contribution is 0.0686. The summed E-state index contributed by atoms with van der Waals surface area (Å²) in [5, 5.41) is 18.4. The van der Waals surface area contributed by atoms with Crippen LogP contribution in [0.4, 0.5) is 5.69 Å². The number of aromatic nitrogens is 1. The van der Waals surface area contributed by atoms with Gasteiger partial charge >= 0.3 is 11.9 Å². The van der Waals surface area contributed by atoms with Gasteiger partial charge in [0.2, 0.25) is 0 Å². The second-order valence-electron chi connectivity index (χ2n) is 6.24. The molecule has 0 spiro atoms. The molecule has 1 heterocycles. The topological polar surface area (TPSA) is 91.9 Å². The van der Waals surface area contributed by atoms with Gasteiger partial charge in [0.1, 0.15) is 0 Å². The van der Waals surface area contributed by atoms with Gasteiger partial charge in [-0.05, 0) is 62.4 Å². The summed E-state index contributed by atoms with van der Waals surface area (Å²) in [4.78, 5) is 26.7. The Balaban J connectivity index is 1.95. The van der Waals surface area contributed by atoms with Gasteiger partial charge in [-0.2, -0.15) is 0 Å². The summed E-state index contributed by atoms with van der Waals surface area (Å²) in [7, 11) is 0. The summed E-state index contributed by atoms with van der Waals surface area (Å²) in [6.07, 6.45) is 1.70. The number of benzene rings is 2. The number of carboxylic acid groups (broad SMARTS) is 2. The van der Waals surface area contributed by atoms with E-state index in [-0.39, 0.29) is 16.1 Å². The van der Waals surface area contributed by atoms with Gasteiger partial charge in [0.05, 0.1) is 21.8 Å². The van der Waals surface area contributed by atoms with Gasteiger partial charge in [-0.1, -0.05) is 11.6 Å². The first-order valence-electron chi connectivity index (χ1n) is 8.37. The van der Waals surface area contributed by atoms with Crippen molar-refractivity contribution in [2.45, 2.75) is 13.8 Å². The summed E-state index contributed by atoms with van der Waals surface area (Å²) in [5.41, 5.74) is 4.25. The van der Waals surface area contributed by atoms with E-state index in [1.54, 1.807) is 30.5 Å². The highest BCUT2D eigenvalue weighted by Crippen LogP contribution is 2.25. The maximum atomic E-state index is 11.4. The van der Waals surface area contributed by atoms with Crippen LogP contribution in [-0.2, 0) is 0 Å². The molecule has 2 aromatic carbocycles. The van der Waals surface area contributed by atoms with Gasteiger partial charge in [-0.3, -0.25) is 4.99 Å². The van der Waals surface area contributed by atoms with E-state index < -0.39 is 11.9 Å². The fraction of sp³-hybridized carbons (Fsp3) is 0.0952. The molecule has 0 aliphatic rings. The van der Waals surface area contributed by atoms with Gasteiger partial charge in [-0.25, -0.2) is 9.59 Å². The average molecular weight is 397 g/mol.